The minimum absolute atomic E-state index is 0. The molecule has 20 rings (SSSR count). The van der Waals surface area contributed by atoms with E-state index in [1.807, 2.05) is 188 Å². The second-order valence-corrected chi connectivity index (χ2v) is 36.5. The van der Waals surface area contributed by atoms with E-state index in [0.29, 0.717) is 51.7 Å². The molecule has 12 aromatic rings. The van der Waals surface area contributed by atoms with E-state index in [-0.39, 0.29) is 56.6 Å². The fraction of sp³-hybridized carbons (Fsp3) is 0.300. The highest BCUT2D eigenvalue weighted by molar-refractivity contribution is 8.24. The van der Waals surface area contributed by atoms with Gasteiger partial charge in [0.15, 0.2) is 34.5 Å². The predicted molar refractivity (Wildman–Crippen MR) is 480 cm³/mol. The van der Waals surface area contributed by atoms with E-state index in [4.69, 9.17) is 33.2 Å². The van der Waals surface area contributed by atoms with E-state index in [0.717, 1.165) is 194 Å². The highest BCUT2D eigenvalue weighted by Crippen LogP contribution is 2.56. The number of ether oxygens (including phenoxy) is 7. The summed E-state index contributed by atoms with van der Waals surface area (Å²) in [7, 11) is 2.63. The molecule has 0 atom stereocenters. The molecule has 638 valence electrons. The summed E-state index contributed by atoms with van der Waals surface area (Å²) in [5.74, 6) is 6.21. The number of aryl methyl sites for hydroxylation is 4. The van der Waals surface area contributed by atoms with Gasteiger partial charge in [0, 0.05) is 100 Å². The van der Waals surface area contributed by atoms with E-state index in [9.17, 15) is 33.1 Å². The normalized spacial score (nSPS) is 16.0. The molecule has 4 aliphatic heterocycles. The number of amides is 4. The quantitative estimate of drug-likeness (QED) is 0.0422. The molecule has 4 fully saturated rings. The Morgan fingerprint density at radius 1 is 0.492 bits per heavy atom. The van der Waals surface area contributed by atoms with Crippen molar-refractivity contribution in [1.82, 2.24) is 29.2 Å². The first kappa shape index (κ1) is 83.2. The van der Waals surface area contributed by atoms with Crippen LogP contribution in [-0.2, 0) is 67.3 Å². The third-order valence-corrected chi connectivity index (χ3v) is 26.6. The van der Waals surface area contributed by atoms with E-state index in [2.05, 4.69) is 82.3 Å². The van der Waals surface area contributed by atoms with Gasteiger partial charge in [-0.15, -0.1) is 0 Å². The van der Waals surface area contributed by atoms with Gasteiger partial charge in [0.1, 0.15) is 17.2 Å². The zero-order valence-corrected chi connectivity index (χ0v) is 71.9. The number of ketones is 1. The van der Waals surface area contributed by atoms with Gasteiger partial charge in [-0.1, -0.05) is 105 Å². The van der Waals surface area contributed by atoms with E-state index < -0.39 is 26.8 Å². The molecule has 0 bridgehead atoms. The molecule has 7 heterocycles. The SMILES string of the molecule is CCS(O)(O)c1ccc(-c2cccc(CC(=O)C3(c4ccc5c(c4)OCC5)CC3)c2)cc1.Cc1ccc(NC(=O)C2(c3ccc4c(c3)OCO4)CC2)cc1-c1ccc(C(=O)N(C)C)nc1.Cc1ccc(NC(=O)C2(c3ccc4c(c3)OCO4)CC2)cc1-c1cn(C)cn1.Cc1ccc(NC(=O)C2(c3ccc4c(c3)OCO4)CC2)cc1-c1cnn(CC(C)C)c1.[HH]. The van der Waals surface area contributed by atoms with Crippen LogP contribution in [0.3, 0.4) is 0 Å². The molecule has 4 saturated carbocycles. The molecular formula is C100H103N9O14S. The summed E-state index contributed by atoms with van der Waals surface area (Å²) in [6.45, 7) is 14.5. The van der Waals surface area contributed by atoms with Gasteiger partial charge in [0.2, 0.25) is 38.1 Å². The molecule has 5 N–H and O–H groups in total. The molecule has 0 saturated heterocycles. The lowest BCUT2D eigenvalue weighted by Gasteiger charge is -2.30. The lowest BCUT2D eigenvalue weighted by Crippen LogP contribution is -2.27. The summed E-state index contributed by atoms with van der Waals surface area (Å²) in [4.78, 5) is 75.9. The van der Waals surface area contributed by atoms with Gasteiger partial charge in [-0.3, -0.25) is 42.7 Å². The molecule has 0 radical (unpaired) electrons. The molecule has 23 nitrogen and oxygen atoms in total. The third-order valence-electron chi connectivity index (χ3n) is 24.8. The van der Waals surface area contributed by atoms with Crippen molar-refractivity contribution in [3.63, 3.8) is 0 Å². The second-order valence-electron chi connectivity index (χ2n) is 34.1. The summed E-state index contributed by atoms with van der Waals surface area (Å²) < 4.78 is 62.5. The van der Waals surface area contributed by atoms with Crippen molar-refractivity contribution in [3.8, 4) is 84.9 Å². The predicted octanol–water partition coefficient (Wildman–Crippen LogP) is 19.4. The van der Waals surface area contributed by atoms with Gasteiger partial charge < -0.3 is 58.6 Å². The van der Waals surface area contributed by atoms with Gasteiger partial charge in [-0.25, -0.2) is 4.98 Å². The van der Waals surface area contributed by atoms with Crippen LogP contribution in [0.25, 0.3) is 44.6 Å². The Morgan fingerprint density at radius 3 is 1.44 bits per heavy atom. The van der Waals surface area contributed by atoms with Crippen molar-refractivity contribution in [3.05, 3.63) is 275 Å². The number of pyridine rings is 1. The highest BCUT2D eigenvalue weighted by Gasteiger charge is 2.55. The maximum Gasteiger partial charge on any atom is 0.271 e. The lowest BCUT2D eigenvalue weighted by atomic mass is 9.87. The maximum absolute atomic E-state index is 13.3. The van der Waals surface area contributed by atoms with Crippen LogP contribution in [-0.4, -0.2) is 115 Å². The van der Waals surface area contributed by atoms with Gasteiger partial charge in [0.25, 0.3) is 5.91 Å². The molecule has 4 amide bonds. The molecule has 124 heavy (non-hydrogen) atoms. The van der Waals surface area contributed by atoms with Crippen molar-refractivity contribution in [2.75, 3.05) is 62.8 Å². The Bertz CT molecular complexity index is 6120. The van der Waals surface area contributed by atoms with Crippen LogP contribution in [0.5, 0.6) is 40.2 Å². The zero-order chi connectivity index (χ0) is 86.4. The van der Waals surface area contributed by atoms with Crippen LogP contribution < -0.4 is 49.1 Å². The fourth-order valence-corrected chi connectivity index (χ4v) is 17.6. The van der Waals surface area contributed by atoms with Crippen LogP contribution in [0, 0.1) is 26.7 Å². The molecular weight excluding hydrogens is 1580 g/mol. The van der Waals surface area contributed by atoms with Gasteiger partial charge >= 0.3 is 0 Å². The number of benzene rings is 9. The second kappa shape index (κ2) is 34.0. The summed E-state index contributed by atoms with van der Waals surface area (Å²) in [6.07, 6.45) is 17.5. The Labute approximate surface area is 724 Å². The molecule has 0 unspecified atom stereocenters. The van der Waals surface area contributed by atoms with E-state index >= 15 is 0 Å². The van der Waals surface area contributed by atoms with Crippen LogP contribution in [0.1, 0.15) is 134 Å². The Morgan fingerprint density at radius 2 is 0.968 bits per heavy atom. The summed E-state index contributed by atoms with van der Waals surface area (Å²) in [6, 6.07) is 60.5. The Hall–Kier alpha value is -13.0. The average Bonchev–Trinajstić information content (AvgIpc) is 1.60. The first-order chi connectivity index (χ1) is 59.8. The zero-order valence-electron chi connectivity index (χ0n) is 71.1. The number of aromatic nitrogens is 5. The van der Waals surface area contributed by atoms with Crippen molar-refractivity contribution < 1.29 is 67.7 Å². The topological polar surface area (TPSA) is 278 Å². The number of hydrogen-bond acceptors (Lipinski definition) is 17. The van der Waals surface area contributed by atoms with Crippen LogP contribution in [0.2, 0.25) is 0 Å². The number of Topliss-reactive ketones (excluding diaryl/α,β-unsaturated/α-hetero) is 1. The molecule has 0 spiro atoms. The number of imidazole rings is 1. The van der Waals surface area contributed by atoms with E-state index in [1.54, 1.807) is 51.7 Å². The Balaban J connectivity index is 0.000000123. The number of carbonyl (C=O) groups excluding carboxylic acids is 5. The summed E-state index contributed by atoms with van der Waals surface area (Å²) in [5, 5.41) is 13.8. The van der Waals surface area contributed by atoms with Crippen LogP contribution in [0.15, 0.2) is 224 Å². The number of nitrogens with one attached hydrogen (secondary N) is 3. The average molecular weight is 1690 g/mol. The monoisotopic (exact) mass is 1690 g/mol. The first-order valence-electron chi connectivity index (χ1n) is 42.2. The minimum Gasteiger partial charge on any atom is -0.493 e. The summed E-state index contributed by atoms with van der Waals surface area (Å²) >= 11 is 0. The lowest BCUT2D eigenvalue weighted by molar-refractivity contribution is -0.121. The molecule has 9 aromatic carbocycles. The molecule has 8 aliphatic rings. The fourth-order valence-electron chi connectivity index (χ4n) is 16.6. The number of hydrogen-bond donors (Lipinski definition) is 5. The van der Waals surface area contributed by atoms with Gasteiger partial charge in [-0.2, -0.15) is 15.7 Å². The number of carbonyl (C=O) groups is 5. The number of nitrogens with zero attached hydrogens (tertiary/aromatic N) is 6. The van der Waals surface area contributed by atoms with Crippen molar-refractivity contribution in [1.29, 1.82) is 0 Å². The highest BCUT2D eigenvalue weighted by atomic mass is 32.3. The van der Waals surface area contributed by atoms with Crippen molar-refractivity contribution in [2.45, 2.75) is 139 Å². The van der Waals surface area contributed by atoms with E-state index in [1.165, 1.54) is 10.5 Å². The first-order valence-corrected chi connectivity index (χ1v) is 43.9. The van der Waals surface area contributed by atoms with Crippen LogP contribution in [0.4, 0.5) is 17.1 Å². The molecule has 24 heteroatoms. The van der Waals surface area contributed by atoms with Crippen LogP contribution >= 0.6 is 10.6 Å². The third kappa shape index (κ3) is 17.3. The Kier molecular flexibility index (Phi) is 22.8. The standard InChI is InChI=1S/C27H28O4S.C26H25N3O4.C25H27N3O3.C22H21N3O3.H2/c1-2-32(29,30)24-10-7-20(8-11-24)22-5-3-4-19(16-22)17-26(28)27(13-14-27)23-9-6-21-12-15-31-25(21)18-23;1-16-4-7-19(13-20(16)17-5-8-21(27-14-17)24(30)29(2)3)28-25(31)26(10-11-26)18-6-9-22-23(12-18)33-15-32-22;1-16(2)13-28-14-18(12-26-28)21-11-20(6-4-17(21)3)27-24(29)25(8-9-25)19-5-7-22-23(10-19)31-15-30-22;1-14-3-5-16(10-17(14)18-11-25(2)12-23-18)24-21(26)22(7-8-22)15-4-6-19-20(9-15)28-13-27-19;/h3-11,16,18,29-30H,2,12-15,17H2,1H3;4-9,12-14H,10-11,15H2,1-3H3,(H,28,31);4-7,10-12,14,16H,8-9,13,15H2,1-3H3,(H,27,29);3-6,9-12H,7-8,13H2,1-2H3,(H,24,26);1H. The van der Waals surface area contributed by atoms with Gasteiger partial charge in [-0.05, 0) is 254 Å². The molecule has 3 aromatic heterocycles. The largest absolute Gasteiger partial charge is 0.493 e. The molecule has 4 aliphatic carbocycles. The van der Waals surface area contributed by atoms with Gasteiger partial charge in [0.05, 0.1) is 51.4 Å². The summed E-state index contributed by atoms with van der Waals surface area (Å²) in [5.41, 5.74) is 18.3. The number of anilines is 3. The van der Waals surface area contributed by atoms with Crippen molar-refractivity contribution >= 4 is 57.1 Å². The maximum atomic E-state index is 13.3. The minimum atomic E-state index is -2.71. The van der Waals surface area contributed by atoms with Crippen molar-refractivity contribution in [2.24, 2.45) is 13.0 Å². The number of rotatable bonds is 22. The smallest absolute Gasteiger partial charge is 0.271 e. The number of fused-ring (bicyclic) bond motifs is 4.